The lowest BCUT2D eigenvalue weighted by atomic mass is 9.65. The fourth-order valence-electron chi connectivity index (χ4n) is 4.32. The van der Waals surface area contributed by atoms with Crippen LogP contribution < -0.4 is 0 Å². The Kier molecular flexibility index (Phi) is 7.10. The summed E-state index contributed by atoms with van der Waals surface area (Å²) in [6.45, 7) is 10.5. The first-order valence-corrected chi connectivity index (χ1v) is 10.0. The highest BCUT2D eigenvalue weighted by Gasteiger charge is 2.46. The van der Waals surface area contributed by atoms with Gasteiger partial charge in [0.05, 0.1) is 11.7 Å². The lowest BCUT2D eigenvalue weighted by molar-refractivity contribution is -0.0815. The number of aliphatic hydroxyl groups is 1. The normalized spacial score (nSPS) is 27.0. The number of phenols is 1. The molecule has 1 aliphatic carbocycles. The molecule has 0 amide bonds. The third kappa shape index (κ3) is 5.13. The van der Waals surface area contributed by atoms with Gasteiger partial charge in [0.1, 0.15) is 11.9 Å². The van der Waals surface area contributed by atoms with Gasteiger partial charge >= 0.3 is 5.97 Å². The number of ether oxygens (including phenoxy) is 1. The summed E-state index contributed by atoms with van der Waals surface area (Å²) in [4.78, 5) is 12.7. The molecule has 1 unspecified atom stereocenters. The summed E-state index contributed by atoms with van der Waals surface area (Å²) in [5, 5.41) is 20.5. The lowest BCUT2D eigenvalue weighted by Gasteiger charge is -2.44. The van der Waals surface area contributed by atoms with Crippen molar-refractivity contribution in [2.45, 2.75) is 72.5 Å². The van der Waals surface area contributed by atoms with E-state index in [-0.39, 0.29) is 29.1 Å². The molecule has 0 aromatic heterocycles. The molecule has 1 aromatic carbocycles. The molecule has 27 heavy (non-hydrogen) atoms. The molecule has 150 valence electrons. The van der Waals surface area contributed by atoms with E-state index < -0.39 is 12.1 Å². The summed E-state index contributed by atoms with van der Waals surface area (Å²) in [7, 11) is 0. The van der Waals surface area contributed by atoms with E-state index in [0.29, 0.717) is 12.0 Å². The predicted octanol–water partition coefficient (Wildman–Crippen LogP) is 5.10. The Bertz CT molecular complexity index is 661. The molecule has 0 heterocycles. The van der Waals surface area contributed by atoms with Gasteiger partial charge < -0.3 is 14.9 Å². The molecule has 0 saturated carbocycles. The van der Waals surface area contributed by atoms with Gasteiger partial charge in [-0.25, -0.2) is 4.79 Å². The van der Waals surface area contributed by atoms with Crippen molar-refractivity contribution in [3.8, 4) is 5.75 Å². The van der Waals surface area contributed by atoms with Crippen LogP contribution in [0.5, 0.6) is 5.75 Å². The number of hydrogen-bond acceptors (Lipinski definition) is 4. The highest BCUT2D eigenvalue weighted by atomic mass is 16.5. The number of phenolic OH excluding ortho intramolecular Hbond substituents is 1. The van der Waals surface area contributed by atoms with E-state index in [2.05, 4.69) is 26.8 Å². The highest BCUT2D eigenvalue weighted by molar-refractivity contribution is 5.89. The van der Waals surface area contributed by atoms with Gasteiger partial charge in [0, 0.05) is 12.3 Å². The Morgan fingerprint density at radius 2 is 1.93 bits per heavy atom. The number of hydrogen-bond donors (Lipinski definition) is 2. The van der Waals surface area contributed by atoms with Crippen molar-refractivity contribution in [3.05, 3.63) is 41.5 Å². The van der Waals surface area contributed by atoms with Gasteiger partial charge in [0.25, 0.3) is 0 Å². The third-order valence-electron chi connectivity index (χ3n) is 5.88. The molecule has 2 rings (SSSR count). The third-order valence-corrected chi connectivity index (χ3v) is 5.88. The standard InChI is InChI=1S/C23H34O4/c1-6-12-23(5)13-11-16(4)14-19(20(23)21(25)15(2)3)27-22(26)17-7-9-18(24)10-8-17/h7-11,15,19-21,24-25H,6,12-14H2,1-5H3/t19?,20-,21+,23+/m0/s1. The zero-order valence-electron chi connectivity index (χ0n) is 17.2. The molecular weight excluding hydrogens is 340 g/mol. The largest absolute Gasteiger partial charge is 0.508 e. The Hall–Kier alpha value is -1.81. The Morgan fingerprint density at radius 3 is 2.48 bits per heavy atom. The van der Waals surface area contributed by atoms with Crippen LogP contribution in [0.1, 0.15) is 70.7 Å². The summed E-state index contributed by atoms with van der Waals surface area (Å²) in [5.74, 6) is -0.343. The van der Waals surface area contributed by atoms with Gasteiger partial charge in [-0.1, -0.05) is 45.8 Å². The maximum Gasteiger partial charge on any atom is 0.338 e. The van der Waals surface area contributed by atoms with Crippen molar-refractivity contribution in [3.63, 3.8) is 0 Å². The maximum atomic E-state index is 12.7. The molecule has 0 spiro atoms. The quantitative estimate of drug-likeness (QED) is 0.537. The molecule has 4 heteroatoms. The second-order valence-corrected chi connectivity index (χ2v) is 8.61. The minimum absolute atomic E-state index is 0.0828. The van der Waals surface area contributed by atoms with Crippen LogP contribution in [-0.2, 0) is 4.74 Å². The number of aromatic hydroxyl groups is 1. The van der Waals surface area contributed by atoms with Crippen LogP contribution in [0, 0.1) is 17.3 Å². The second kappa shape index (κ2) is 8.92. The average molecular weight is 375 g/mol. The zero-order chi connectivity index (χ0) is 20.2. The topological polar surface area (TPSA) is 66.8 Å². The minimum atomic E-state index is -0.543. The predicted molar refractivity (Wildman–Crippen MR) is 108 cm³/mol. The number of esters is 1. The molecule has 1 aromatic rings. The first-order chi connectivity index (χ1) is 12.7. The monoisotopic (exact) mass is 374 g/mol. The SMILES string of the molecule is CCC[C@]1(C)CC=C(C)CC(OC(=O)c2ccc(O)cc2)[C@H]1[C@H](O)C(C)C. The summed E-state index contributed by atoms with van der Waals surface area (Å²) >= 11 is 0. The highest BCUT2D eigenvalue weighted by Crippen LogP contribution is 2.46. The van der Waals surface area contributed by atoms with Crippen molar-refractivity contribution < 1.29 is 19.7 Å². The van der Waals surface area contributed by atoms with Crippen molar-refractivity contribution in [2.24, 2.45) is 17.3 Å². The van der Waals surface area contributed by atoms with Gasteiger partial charge in [-0.3, -0.25) is 0 Å². The average Bonchev–Trinajstić information content (AvgIpc) is 2.71. The minimum Gasteiger partial charge on any atom is -0.508 e. The summed E-state index contributed by atoms with van der Waals surface area (Å²) in [6, 6.07) is 6.10. The molecule has 0 radical (unpaired) electrons. The number of aliphatic hydroxyl groups excluding tert-OH is 1. The maximum absolute atomic E-state index is 12.7. The summed E-state index contributed by atoms with van der Waals surface area (Å²) < 4.78 is 5.97. The first-order valence-electron chi connectivity index (χ1n) is 10.0. The van der Waals surface area contributed by atoms with Crippen LogP contribution in [0.25, 0.3) is 0 Å². The van der Waals surface area contributed by atoms with Gasteiger partial charge in [-0.05, 0) is 55.4 Å². The summed E-state index contributed by atoms with van der Waals surface area (Å²) in [6.07, 6.45) is 4.83. The Morgan fingerprint density at radius 1 is 1.30 bits per heavy atom. The molecule has 0 fully saturated rings. The van der Waals surface area contributed by atoms with Crippen LogP contribution in [-0.4, -0.2) is 28.4 Å². The number of benzene rings is 1. The van der Waals surface area contributed by atoms with E-state index in [1.165, 1.54) is 17.7 Å². The van der Waals surface area contributed by atoms with Crippen molar-refractivity contribution >= 4 is 5.97 Å². The van der Waals surface area contributed by atoms with E-state index in [4.69, 9.17) is 4.74 Å². The van der Waals surface area contributed by atoms with Crippen LogP contribution >= 0.6 is 0 Å². The van der Waals surface area contributed by atoms with Crippen LogP contribution in [0.4, 0.5) is 0 Å². The molecule has 2 N–H and O–H groups in total. The van der Waals surface area contributed by atoms with Gasteiger partial charge in [-0.2, -0.15) is 0 Å². The van der Waals surface area contributed by atoms with E-state index in [0.717, 1.165) is 19.3 Å². The molecule has 4 nitrogen and oxygen atoms in total. The first kappa shape index (κ1) is 21.5. The summed E-state index contributed by atoms with van der Waals surface area (Å²) in [5.41, 5.74) is 1.48. The van der Waals surface area contributed by atoms with E-state index >= 15 is 0 Å². The number of rotatable bonds is 6. The number of carbonyl (C=O) groups is 1. The van der Waals surface area contributed by atoms with Crippen molar-refractivity contribution in [1.29, 1.82) is 0 Å². The second-order valence-electron chi connectivity index (χ2n) is 8.61. The smallest absolute Gasteiger partial charge is 0.338 e. The fraction of sp³-hybridized carbons (Fsp3) is 0.609. The van der Waals surface area contributed by atoms with Crippen molar-refractivity contribution in [1.82, 2.24) is 0 Å². The van der Waals surface area contributed by atoms with Gasteiger partial charge in [0.15, 0.2) is 0 Å². The Balaban J connectivity index is 2.36. The van der Waals surface area contributed by atoms with Crippen LogP contribution in [0.15, 0.2) is 35.9 Å². The van der Waals surface area contributed by atoms with E-state index in [1.54, 1.807) is 12.1 Å². The lowest BCUT2D eigenvalue weighted by Crippen LogP contribution is -2.47. The van der Waals surface area contributed by atoms with E-state index in [1.807, 2.05) is 13.8 Å². The molecule has 0 saturated heterocycles. The number of allylic oxidation sites excluding steroid dienone is 1. The van der Waals surface area contributed by atoms with Crippen LogP contribution in [0.2, 0.25) is 0 Å². The Labute approximate surface area is 163 Å². The molecule has 0 bridgehead atoms. The van der Waals surface area contributed by atoms with Gasteiger partial charge in [-0.15, -0.1) is 0 Å². The molecule has 1 aliphatic rings. The zero-order valence-corrected chi connectivity index (χ0v) is 17.2. The fourth-order valence-corrected chi connectivity index (χ4v) is 4.32. The van der Waals surface area contributed by atoms with Gasteiger partial charge in [0.2, 0.25) is 0 Å². The van der Waals surface area contributed by atoms with Crippen molar-refractivity contribution in [2.75, 3.05) is 0 Å². The molecule has 4 atom stereocenters. The molecule has 0 aliphatic heterocycles. The van der Waals surface area contributed by atoms with E-state index in [9.17, 15) is 15.0 Å². The van der Waals surface area contributed by atoms with Crippen LogP contribution in [0.3, 0.4) is 0 Å². The molecular formula is C23H34O4. The number of carbonyl (C=O) groups excluding carboxylic acids is 1.